The van der Waals surface area contributed by atoms with Gasteiger partial charge in [-0.2, -0.15) is 40.1 Å². The molecule has 360 valence electrons. The molecule has 0 saturated carbocycles. The third kappa shape index (κ3) is 13.0. The maximum Gasteiger partial charge on any atom is 0.315 e. The summed E-state index contributed by atoms with van der Waals surface area (Å²) in [6.45, 7) is 39.4. The van der Waals surface area contributed by atoms with Crippen molar-refractivity contribution < 1.29 is 14.2 Å². The lowest BCUT2D eigenvalue weighted by Crippen LogP contribution is -2.52. The molecule has 19 heteroatoms. The van der Waals surface area contributed by atoms with Crippen LogP contribution in [0.5, 0.6) is 18.0 Å². The summed E-state index contributed by atoms with van der Waals surface area (Å²) in [5, 5.41) is 23.3. The highest BCUT2D eigenvalue weighted by Gasteiger charge is 2.33. The smallest absolute Gasteiger partial charge is 0.315 e. The molecule has 10 heterocycles. The molecule has 0 bridgehead atoms. The second kappa shape index (κ2) is 19.8. The SMILES string of the molecule is CC(C)(C)C1CCc2ncnn2C1.CC(C)(C)C1CCn2ncnc2O1.CC(C)(C)C1COc2ncnn2C1.CC(C)(C)N1CCCc2ncnn21.CC(C)(C)c1nc2n(n1)CCCO2. The highest BCUT2D eigenvalue weighted by Crippen LogP contribution is 2.34. The van der Waals surface area contributed by atoms with Gasteiger partial charge in [-0.05, 0) is 55.8 Å². The Morgan fingerprint density at radius 2 is 1.17 bits per heavy atom. The Morgan fingerprint density at radius 3 is 1.83 bits per heavy atom. The van der Waals surface area contributed by atoms with Crippen LogP contribution in [0.15, 0.2) is 25.3 Å². The molecule has 0 amide bonds. The Kier molecular flexibility index (Phi) is 15.0. The zero-order valence-corrected chi connectivity index (χ0v) is 42.1. The third-order valence-corrected chi connectivity index (χ3v) is 12.5. The predicted molar refractivity (Wildman–Crippen MR) is 248 cm³/mol. The zero-order chi connectivity index (χ0) is 47.4. The Morgan fingerprint density at radius 1 is 0.538 bits per heavy atom. The molecule has 19 nitrogen and oxygen atoms in total. The van der Waals surface area contributed by atoms with Crippen molar-refractivity contribution in [2.45, 2.75) is 186 Å². The van der Waals surface area contributed by atoms with E-state index in [0.29, 0.717) is 29.4 Å². The van der Waals surface area contributed by atoms with E-state index in [9.17, 15) is 0 Å². The van der Waals surface area contributed by atoms with Crippen LogP contribution in [0.25, 0.3) is 0 Å². The van der Waals surface area contributed by atoms with Crippen LogP contribution in [0.2, 0.25) is 0 Å². The molecule has 3 atom stereocenters. The maximum atomic E-state index is 5.73. The van der Waals surface area contributed by atoms with Crippen molar-refractivity contribution in [1.29, 1.82) is 0 Å². The molecule has 65 heavy (non-hydrogen) atoms. The van der Waals surface area contributed by atoms with Gasteiger partial charge in [-0.25, -0.2) is 28.7 Å². The minimum atomic E-state index is 0.00764. The Balaban J connectivity index is 0.000000135. The van der Waals surface area contributed by atoms with E-state index in [4.69, 9.17) is 14.2 Å². The van der Waals surface area contributed by atoms with Gasteiger partial charge >= 0.3 is 18.0 Å². The summed E-state index contributed by atoms with van der Waals surface area (Å²) in [6.07, 6.45) is 13.2. The highest BCUT2D eigenvalue weighted by atomic mass is 16.5. The molecule has 0 saturated heterocycles. The molecule has 0 aliphatic carbocycles. The van der Waals surface area contributed by atoms with Gasteiger partial charge in [0.15, 0.2) is 5.82 Å². The summed E-state index contributed by atoms with van der Waals surface area (Å²) in [6, 6.07) is 1.99. The van der Waals surface area contributed by atoms with Gasteiger partial charge in [0, 0.05) is 68.7 Å². The van der Waals surface area contributed by atoms with Crippen molar-refractivity contribution >= 4 is 0 Å². The van der Waals surface area contributed by atoms with Crippen LogP contribution in [0, 0.1) is 28.1 Å². The normalized spacial score (nSPS) is 20.2. The molecule has 3 unspecified atom stereocenters. The molecule has 5 aliphatic heterocycles. The van der Waals surface area contributed by atoms with Gasteiger partial charge in [0.1, 0.15) is 43.1 Å². The maximum absolute atomic E-state index is 5.73. The van der Waals surface area contributed by atoms with Gasteiger partial charge in [0.2, 0.25) is 0 Å². The fraction of sp³-hybridized carbons (Fsp3) is 0.783. The van der Waals surface area contributed by atoms with Crippen LogP contribution >= 0.6 is 0 Å². The molecule has 10 rings (SSSR count). The van der Waals surface area contributed by atoms with Gasteiger partial charge in [-0.1, -0.05) is 83.1 Å². The van der Waals surface area contributed by atoms with Crippen LogP contribution < -0.4 is 19.2 Å². The average molecular weight is 903 g/mol. The van der Waals surface area contributed by atoms with E-state index in [-0.39, 0.29) is 27.9 Å². The van der Waals surface area contributed by atoms with Crippen molar-refractivity contribution in [1.82, 2.24) is 73.9 Å². The van der Waals surface area contributed by atoms with E-state index >= 15 is 0 Å². The lowest BCUT2D eigenvalue weighted by atomic mass is 9.77. The number of aryl methyl sites for hydroxylation is 4. The van der Waals surface area contributed by atoms with Crippen molar-refractivity contribution in [2.24, 2.45) is 28.1 Å². The van der Waals surface area contributed by atoms with E-state index in [2.05, 4.69) is 164 Å². The van der Waals surface area contributed by atoms with Gasteiger partial charge < -0.3 is 14.2 Å². The quantitative estimate of drug-likeness (QED) is 0.155. The summed E-state index contributed by atoms with van der Waals surface area (Å²) in [7, 11) is 0. The van der Waals surface area contributed by atoms with E-state index < -0.39 is 0 Å². The molecule has 0 aromatic carbocycles. The zero-order valence-electron chi connectivity index (χ0n) is 42.1. The molecule has 5 aliphatic rings. The van der Waals surface area contributed by atoms with Crippen molar-refractivity contribution in [3.8, 4) is 18.0 Å². The van der Waals surface area contributed by atoms with Gasteiger partial charge in [-0.15, -0.1) is 5.10 Å². The molecular formula is C46H78N16O3. The van der Waals surface area contributed by atoms with E-state index in [1.54, 1.807) is 25.3 Å². The second-order valence-corrected chi connectivity index (χ2v) is 22.9. The van der Waals surface area contributed by atoms with Crippen LogP contribution in [-0.2, 0) is 44.4 Å². The van der Waals surface area contributed by atoms with Crippen LogP contribution in [-0.4, -0.2) is 105 Å². The minimum absolute atomic E-state index is 0.00764. The Labute approximate surface area is 386 Å². The molecule has 0 radical (unpaired) electrons. The first-order chi connectivity index (χ1) is 30.4. The largest absolute Gasteiger partial charge is 0.464 e. The molecule has 5 aromatic rings. The number of fused-ring (bicyclic) bond motifs is 5. The highest BCUT2D eigenvalue weighted by molar-refractivity contribution is 5.08. The van der Waals surface area contributed by atoms with Crippen LogP contribution in [0.1, 0.15) is 147 Å². The molecule has 0 N–H and O–H groups in total. The number of hydrogen-bond donors (Lipinski definition) is 0. The number of rotatable bonds is 0. The van der Waals surface area contributed by atoms with E-state index in [1.807, 2.05) is 18.8 Å². The van der Waals surface area contributed by atoms with Crippen molar-refractivity contribution in [3.63, 3.8) is 0 Å². The fourth-order valence-electron chi connectivity index (χ4n) is 7.93. The van der Waals surface area contributed by atoms with E-state index in [1.165, 1.54) is 12.8 Å². The number of aromatic nitrogens is 15. The minimum Gasteiger partial charge on any atom is -0.464 e. The number of hydrogen-bond acceptors (Lipinski definition) is 14. The average Bonchev–Trinajstić information content (AvgIpc) is 4.08. The van der Waals surface area contributed by atoms with Crippen LogP contribution in [0.4, 0.5) is 0 Å². The summed E-state index contributed by atoms with van der Waals surface area (Å²) in [5.41, 5.74) is 0.973. The summed E-state index contributed by atoms with van der Waals surface area (Å²) in [5.74, 6) is 4.36. The van der Waals surface area contributed by atoms with Gasteiger partial charge in [-0.3, -0.25) is 5.01 Å². The topological polar surface area (TPSA) is 184 Å². The first-order valence-electron chi connectivity index (χ1n) is 23.5. The van der Waals surface area contributed by atoms with Crippen molar-refractivity contribution in [2.75, 3.05) is 24.8 Å². The fourth-order valence-corrected chi connectivity index (χ4v) is 7.93. The molecule has 0 fully saturated rings. The summed E-state index contributed by atoms with van der Waals surface area (Å²) in [4.78, 5) is 22.8. The lowest BCUT2D eigenvalue weighted by molar-refractivity contribution is 0.0382. The number of ether oxygens (including phenoxy) is 3. The summed E-state index contributed by atoms with van der Waals surface area (Å²) >= 11 is 0. The lowest BCUT2D eigenvalue weighted by Gasteiger charge is -2.39. The van der Waals surface area contributed by atoms with Crippen LogP contribution in [0.3, 0.4) is 0 Å². The standard InChI is InChI=1S/C10H17N3.C9H16N4.3C9H15N3O/c1-10(2,3)8-4-5-9-11-7-12-13(9)6-8;1-9(2,3)12-6-4-5-8-10-7-11-13(8)12;1-9(2,3)7-4-12-8(13-5-7)10-6-11-12;1-9(2,3)7-4-5-12-8(13-7)10-6-11-12;1-9(2,3)7-10-8-12(11-7)5-4-6-13-8/h7-8H,4-6H2,1-3H3;7H,4-6H2,1-3H3;2*6-7H,4-5H2,1-3H3;4-6H2,1-3H3. The third-order valence-electron chi connectivity index (χ3n) is 12.5. The molecule has 0 spiro atoms. The van der Waals surface area contributed by atoms with Gasteiger partial charge in [0.25, 0.3) is 0 Å². The number of nitrogens with zero attached hydrogens (tertiary/aromatic N) is 16. The first-order valence-corrected chi connectivity index (χ1v) is 23.5. The summed E-state index contributed by atoms with van der Waals surface area (Å²) < 4.78 is 24.2. The molecule has 5 aromatic heterocycles. The van der Waals surface area contributed by atoms with E-state index in [0.717, 1.165) is 95.0 Å². The van der Waals surface area contributed by atoms with Crippen molar-refractivity contribution in [3.05, 3.63) is 42.8 Å². The second-order valence-electron chi connectivity index (χ2n) is 22.9. The van der Waals surface area contributed by atoms with Gasteiger partial charge in [0.05, 0.1) is 19.8 Å². The Hall–Kier alpha value is -5.10. The Bertz CT molecular complexity index is 2060. The molecular weight excluding hydrogens is 825 g/mol. The monoisotopic (exact) mass is 903 g/mol. The first kappa shape index (κ1) is 49.3. The predicted octanol–water partition coefficient (Wildman–Crippen LogP) is 7.01.